The molecule has 0 aliphatic heterocycles. The number of anilines is 1. The summed E-state index contributed by atoms with van der Waals surface area (Å²) < 4.78 is 66.3. The molecular weight excluding hydrogens is 416 g/mol. The van der Waals surface area contributed by atoms with Crippen molar-refractivity contribution in [1.29, 1.82) is 0 Å². The van der Waals surface area contributed by atoms with E-state index in [1.165, 1.54) is 38.5 Å². The Labute approximate surface area is 172 Å². The van der Waals surface area contributed by atoms with Crippen molar-refractivity contribution < 1.29 is 26.3 Å². The Morgan fingerprint density at radius 2 is 1.41 bits per heavy atom. The minimum atomic E-state index is -4.01. The zero-order chi connectivity index (χ0) is 22.0. The van der Waals surface area contributed by atoms with Gasteiger partial charge in [0.1, 0.15) is 11.5 Å². The van der Waals surface area contributed by atoms with Crippen LogP contribution in [0.4, 0.5) is 5.69 Å². The van der Waals surface area contributed by atoms with Gasteiger partial charge in [-0.3, -0.25) is 4.72 Å². The topological polar surface area (TPSA) is 111 Å². The molecule has 0 atom stereocenters. The molecule has 0 unspecified atom stereocenters. The minimum Gasteiger partial charge on any atom is -0.496 e. The molecule has 0 saturated heterocycles. The highest BCUT2D eigenvalue weighted by Crippen LogP contribution is 2.32. The van der Waals surface area contributed by atoms with Crippen LogP contribution in [-0.4, -0.2) is 37.1 Å². The lowest BCUT2D eigenvalue weighted by Gasteiger charge is -2.17. The zero-order valence-corrected chi connectivity index (χ0v) is 18.9. The van der Waals surface area contributed by atoms with Crippen molar-refractivity contribution in [1.82, 2.24) is 4.72 Å². The summed E-state index contributed by atoms with van der Waals surface area (Å²) in [5.74, 6) is 0.770. The first kappa shape index (κ1) is 23.0. The molecule has 0 bridgehead atoms. The Bertz CT molecular complexity index is 1110. The fourth-order valence-electron chi connectivity index (χ4n) is 2.80. The van der Waals surface area contributed by atoms with Crippen molar-refractivity contribution in [2.45, 2.75) is 43.5 Å². The van der Waals surface area contributed by atoms with Crippen molar-refractivity contribution in [3.8, 4) is 11.5 Å². The molecule has 2 aromatic carbocycles. The highest BCUT2D eigenvalue weighted by molar-refractivity contribution is 7.92. The van der Waals surface area contributed by atoms with Crippen LogP contribution in [0.25, 0.3) is 0 Å². The molecule has 160 valence electrons. The van der Waals surface area contributed by atoms with E-state index in [1.54, 1.807) is 33.8 Å². The third-order valence-electron chi connectivity index (χ3n) is 4.31. The molecule has 0 saturated carbocycles. The second-order valence-electron chi connectivity index (χ2n) is 6.76. The monoisotopic (exact) mass is 442 g/mol. The maximum atomic E-state index is 13.0. The summed E-state index contributed by atoms with van der Waals surface area (Å²) >= 11 is 0. The molecule has 0 spiro atoms. The average Bonchev–Trinajstić information content (AvgIpc) is 2.62. The largest absolute Gasteiger partial charge is 0.496 e. The fraction of sp³-hybridized carbons (Fsp3) is 0.368. The molecule has 10 heteroatoms. The quantitative estimate of drug-likeness (QED) is 0.650. The van der Waals surface area contributed by atoms with Gasteiger partial charge in [-0.25, -0.2) is 21.6 Å². The fourth-order valence-corrected chi connectivity index (χ4v) is 5.43. The number of ether oxygens (including phenoxy) is 2. The van der Waals surface area contributed by atoms with Crippen molar-refractivity contribution >= 4 is 25.7 Å². The first-order valence-corrected chi connectivity index (χ1v) is 11.8. The number of sulfonamides is 2. The highest BCUT2D eigenvalue weighted by Gasteiger charge is 2.23. The SMILES string of the molecule is COc1ccc(S(=O)(=O)NC(C)C)cc1NS(=O)(=O)c1ccc(OC)c(C)c1C. The summed E-state index contributed by atoms with van der Waals surface area (Å²) in [7, 11) is -4.94. The Morgan fingerprint density at radius 3 is 1.97 bits per heavy atom. The Morgan fingerprint density at radius 1 is 0.828 bits per heavy atom. The van der Waals surface area contributed by atoms with Gasteiger partial charge in [-0.05, 0) is 69.2 Å². The van der Waals surface area contributed by atoms with Gasteiger partial charge in [-0.1, -0.05) is 0 Å². The summed E-state index contributed by atoms with van der Waals surface area (Å²) in [5.41, 5.74) is 1.24. The van der Waals surface area contributed by atoms with Gasteiger partial charge in [0.15, 0.2) is 0 Å². The van der Waals surface area contributed by atoms with E-state index in [4.69, 9.17) is 9.47 Å². The van der Waals surface area contributed by atoms with E-state index in [0.29, 0.717) is 16.9 Å². The number of methoxy groups -OCH3 is 2. The Kier molecular flexibility index (Phi) is 6.82. The molecule has 0 amide bonds. The molecule has 2 rings (SSSR count). The van der Waals surface area contributed by atoms with Crippen LogP contribution in [0.5, 0.6) is 11.5 Å². The van der Waals surface area contributed by atoms with Gasteiger partial charge in [-0.15, -0.1) is 0 Å². The van der Waals surface area contributed by atoms with Crippen LogP contribution in [0.3, 0.4) is 0 Å². The van der Waals surface area contributed by atoms with Gasteiger partial charge in [0.05, 0.1) is 29.7 Å². The van der Waals surface area contributed by atoms with E-state index >= 15 is 0 Å². The maximum absolute atomic E-state index is 13.0. The third kappa shape index (κ3) is 5.01. The van der Waals surface area contributed by atoms with Gasteiger partial charge in [-0.2, -0.15) is 0 Å². The van der Waals surface area contributed by atoms with Crippen molar-refractivity contribution in [3.63, 3.8) is 0 Å². The Hall–Kier alpha value is -2.30. The van der Waals surface area contributed by atoms with Gasteiger partial charge >= 0.3 is 0 Å². The summed E-state index contributed by atoms with van der Waals surface area (Å²) in [5, 5.41) is 0. The van der Waals surface area contributed by atoms with Crippen LogP contribution in [0.15, 0.2) is 40.1 Å². The van der Waals surface area contributed by atoms with Crippen LogP contribution in [0.2, 0.25) is 0 Å². The van der Waals surface area contributed by atoms with Crippen molar-refractivity contribution in [3.05, 3.63) is 41.5 Å². The van der Waals surface area contributed by atoms with Crippen LogP contribution in [0.1, 0.15) is 25.0 Å². The number of benzene rings is 2. The summed E-state index contributed by atoms with van der Waals surface area (Å²) in [4.78, 5) is -0.0150. The molecule has 8 nitrogen and oxygen atoms in total. The molecule has 2 aromatic rings. The smallest absolute Gasteiger partial charge is 0.262 e. The van der Waals surface area contributed by atoms with E-state index in [9.17, 15) is 16.8 Å². The minimum absolute atomic E-state index is 0.0204. The van der Waals surface area contributed by atoms with E-state index in [1.807, 2.05) is 0 Å². The molecule has 0 aliphatic rings. The predicted molar refractivity (Wildman–Crippen MR) is 112 cm³/mol. The van der Waals surface area contributed by atoms with E-state index < -0.39 is 20.0 Å². The van der Waals surface area contributed by atoms with Crippen molar-refractivity contribution in [2.24, 2.45) is 0 Å². The second kappa shape index (κ2) is 8.60. The standard InChI is InChI=1S/C19H26N2O6S2/c1-12(2)20-28(22,23)15-7-8-18(27-6)16(11-15)21-29(24,25)19-10-9-17(26-5)13(3)14(19)4/h7-12,20-21H,1-6H3. The number of nitrogens with one attached hydrogen (secondary N) is 2. The van der Waals surface area contributed by atoms with Gasteiger partial charge in [0.2, 0.25) is 10.0 Å². The van der Waals surface area contributed by atoms with Gasteiger partial charge in [0.25, 0.3) is 10.0 Å². The highest BCUT2D eigenvalue weighted by atomic mass is 32.2. The Balaban J connectivity index is 2.52. The lowest BCUT2D eigenvalue weighted by atomic mass is 10.1. The van der Waals surface area contributed by atoms with Crippen molar-refractivity contribution in [2.75, 3.05) is 18.9 Å². The molecule has 29 heavy (non-hydrogen) atoms. The van der Waals surface area contributed by atoms with Crippen LogP contribution in [-0.2, 0) is 20.0 Å². The van der Waals surface area contributed by atoms with Crippen LogP contribution >= 0.6 is 0 Å². The van der Waals surface area contributed by atoms with Gasteiger partial charge < -0.3 is 9.47 Å². The summed E-state index contributed by atoms with van der Waals surface area (Å²) in [6.07, 6.45) is 0. The molecule has 0 aromatic heterocycles. The summed E-state index contributed by atoms with van der Waals surface area (Å²) in [6, 6.07) is 6.68. The zero-order valence-electron chi connectivity index (χ0n) is 17.2. The first-order chi connectivity index (χ1) is 13.4. The van der Waals surface area contributed by atoms with E-state index in [0.717, 1.165) is 0 Å². The summed E-state index contributed by atoms with van der Waals surface area (Å²) in [6.45, 7) is 6.83. The molecule has 0 heterocycles. The van der Waals surface area contributed by atoms with Crippen LogP contribution < -0.4 is 18.9 Å². The number of rotatable bonds is 8. The normalized spacial score (nSPS) is 12.1. The molecule has 2 N–H and O–H groups in total. The maximum Gasteiger partial charge on any atom is 0.262 e. The third-order valence-corrected chi connectivity index (χ3v) is 7.48. The number of hydrogen-bond acceptors (Lipinski definition) is 6. The molecule has 0 radical (unpaired) electrons. The number of hydrogen-bond donors (Lipinski definition) is 2. The van der Waals surface area contributed by atoms with Gasteiger partial charge in [0, 0.05) is 6.04 Å². The van der Waals surface area contributed by atoms with Crippen LogP contribution in [0, 0.1) is 13.8 Å². The molecule has 0 aliphatic carbocycles. The second-order valence-corrected chi connectivity index (χ2v) is 10.1. The lowest BCUT2D eigenvalue weighted by Crippen LogP contribution is -2.30. The lowest BCUT2D eigenvalue weighted by molar-refractivity contribution is 0.410. The van der Waals surface area contributed by atoms with E-state index in [2.05, 4.69) is 9.44 Å². The molecule has 0 fully saturated rings. The molecular formula is C19H26N2O6S2. The first-order valence-electron chi connectivity index (χ1n) is 8.80. The average molecular weight is 443 g/mol. The van der Waals surface area contributed by atoms with E-state index in [-0.39, 0.29) is 27.3 Å². The predicted octanol–water partition coefficient (Wildman–Crippen LogP) is 2.81.